The van der Waals surface area contributed by atoms with Crippen molar-refractivity contribution in [2.75, 3.05) is 5.32 Å². The molecule has 2 heterocycles. The van der Waals surface area contributed by atoms with Crippen LogP contribution < -0.4 is 5.32 Å². The van der Waals surface area contributed by atoms with Gasteiger partial charge >= 0.3 is 0 Å². The molecule has 3 aromatic rings. The second-order valence-electron chi connectivity index (χ2n) is 4.09. The minimum atomic E-state index is -0.357. The smallest absolute Gasteiger partial charge is 0.291 e. The van der Waals surface area contributed by atoms with E-state index in [1.165, 1.54) is 0 Å². The molecule has 0 saturated heterocycles. The number of benzene rings is 1. The van der Waals surface area contributed by atoms with Crippen molar-refractivity contribution >= 4 is 50.0 Å². The van der Waals surface area contributed by atoms with E-state index >= 15 is 0 Å². The third-order valence-electron chi connectivity index (χ3n) is 2.71. The van der Waals surface area contributed by atoms with Gasteiger partial charge in [-0.2, -0.15) is 0 Å². The van der Waals surface area contributed by atoms with E-state index in [9.17, 15) is 4.79 Å². The lowest BCUT2D eigenvalue weighted by Crippen LogP contribution is -2.11. The van der Waals surface area contributed by atoms with Crippen LogP contribution in [0.15, 0.2) is 51.7 Å². The zero-order valence-corrected chi connectivity index (χ0v) is 12.4. The Morgan fingerprint density at radius 3 is 2.90 bits per heavy atom. The summed E-state index contributed by atoms with van der Waals surface area (Å²) < 4.78 is 5.71. The SMILES string of the molecule is O=C(Nc1cc(Cl)cc2cccnc12)c1ccc(Br)o1. The summed E-state index contributed by atoms with van der Waals surface area (Å²) >= 11 is 9.20. The maximum absolute atomic E-state index is 12.1. The lowest BCUT2D eigenvalue weighted by atomic mass is 10.2. The number of halogens is 2. The first-order valence-electron chi connectivity index (χ1n) is 5.74. The molecule has 0 fully saturated rings. The third kappa shape index (κ3) is 2.55. The molecule has 0 unspecified atom stereocenters. The van der Waals surface area contributed by atoms with Gasteiger partial charge in [0.25, 0.3) is 5.91 Å². The van der Waals surface area contributed by atoms with Crippen molar-refractivity contribution in [1.82, 2.24) is 4.98 Å². The number of hydrogen-bond acceptors (Lipinski definition) is 3. The van der Waals surface area contributed by atoms with Gasteiger partial charge in [0, 0.05) is 16.6 Å². The van der Waals surface area contributed by atoms with Crippen molar-refractivity contribution in [2.45, 2.75) is 0 Å². The van der Waals surface area contributed by atoms with E-state index in [4.69, 9.17) is 16.0 Å². The summed E-state index contributed by atoms with van der Waals surface area (Å²) in [4.78, 5) is 16.3. The number of anilines is 1. The largest absolute Gasteiger partial charge is 0.444 e. The molecule has 3 rings (SSSR count). The van der Waals surface area contributed by atoms with Crippen LogP contribution in [0.1, 0.15) is 10.6 Å². The number of nitrogens with zero attached hydrogens (tertiary/aromatic N) is 1. The van der Waals surface area contributed by atoms with Gasteiger partial charge in [-0.05, 0) is 46.3 Å². The molecule has 6 heteroatoms. The maximum Gasteiger partial charge on any atom is 0.291 e. The summed E-state index contributed by atoms with van der Waals surface area (Å²) in [5.41, 5.74) is 1.22. The number of amides is 1. The van der Waals surface area contributed by atoms with Crippen LogP contribution in [0.4, 0.5) is 5.69 Å². The Morgan fingerprint density at radius 1 is 1.30 bits per heavy atom. The van der Waals surface area contributed by atoms with Crippen molar-refractivity contribution < 1.29 is 9.21 Å². The Morgan fingerprint density at radius 2 is 2.15 bits per heavy atom. The van der Waals surface area contributed by atoms with E-state index in [0.29, 0.717) is 20.9 Å². The lowest BCUT2D eigenvalue weighted by molar-refractivity contribution is 0.0995. The maximum atomic E-state index is 12.1. The minimum Gasteiger partial charge on any atom is -0.444 e. The molecule has 20 heavy (non-hydrogen) atoms. The summed E-state index contributed by atoms with van der Waals surface area (Å²) in [5, 5.41) is 4.14. The zero-order valence-electron chi connectivity index (χ0n) is 10.1. The first-order valence-corrected chi connectivity index (χ1v) is 6.91. The summed E-state index contributed by atoms with van der Waals surface area (Å²) in [6.45, 7) is 0. The average Bonchev–Trinajstić information content (AvgIpc) is 2.85. The molecule has 0 spiro atoms. The molecular weight excluding hydrogens is 344 g/mol. The standard InChI is InChI=1S/C14H8BrClN2O2/c15-12-4-3-11(20-12)14(19)18-10-7-9(16)6-8-2-1-5-17-13(8)10/h1-7H,(H,18,19). The Kier molecular flexibility index (Phi) is 3.46. The Bertz CT molecular complexity index is 801. The van der Waals surface area contributed by atoms with Gasteiger partial charge in [-0.3, -0.25) is 9.78 Å². The Balaban J connectivity index is 2.00. The molecule has 2 aromatic heterocycles. The van der Waals surface area contributed by atoms with Crippen LogP contribution in [0.5, 0.6) is 0 Å². The van der Waals surface area contributed by atoms with Crippen molar-refractivity contribution in [3.8, 4) is 0 Å². The van der Waals surface area contributed by atoms with Crippen molar-refractivity contribution in [1.29, 1.82) is 0 Å². The Labute approximate surface area is 127 Å². The van der Waals surface area contributed by atoms with Gasteiger partial charge in [0.15, 0.2) is 10.4 Å². The number of fused-ring (bicyclic) bond motifs is 1. The number of hydrogen-bond donors (Lipinski definition) is 1. The molecule has 0 aliphatic rings. The molecule has 1 aromatic carbocycles. The minimum absolute atomic E-state index is 0.209. The van der Waals surface area contributed by atoms with Crippen molar-refractivity contribution in [3.63, 3.8) is 0 Å². The fraction of sp³-hybridized carbons (Fsp3) is 0. The predicted molar refractivity (Wildman–Crippen MR) is 81.1 cm³/mol. The summed E-state index contributed by atoms with van der Waals surface area (Å²) in [6, 6.07) is 10.4. The van der Waals surface area contributed by atoms with Crippen LogP contribution in [-0.4, -0.2) is 10.9 Å². The molecule has 0 aliphatic heterocycles. The number of carbonyl (C=O) groups excluding carboxylic acids is 1. The molecule has 1 amide bonds. The van der Waals surface area contributed by atoms with Gasteiger partial charge in [0.2, 0.25) is 0 Å². The second kappa shape index (κ2) is 5.26. The molecule has 0 bridgehead atoms. The molecule has 0 saturated carbocycles. The fourth-order valence-electron chi connectivity index (χ4n) is 1.87. The number of pyridine rings is 1. The van der Waals surface area contributed by atoms with Gasteiger partial charge in [0.1, 0.15) is 0 Å². The normalized spacial score (nSPS) is 10.7. The van der Waals surface area contributed by atoms with E-state index < -0.39 is 0 Å². The van der Waals surface area contributed by atoms with Gasteiger partial charge < -0.3 is 9.73 Å². The van der Waals surface area contributed by atoms with Crippen LogP contribution in [0.25, 0.3) is 10.9 Å². The second-order valence-corrected chi connectivity index (χ2v) is 5.30. The van der Waals surface area contributed by atoms with Gasteiger partial charge in [-0.1, -0.05) is 17.7 Å². The average molecular weight is 352 g/mol. The first kappa shape index (κ1) is 13.1. The lowest BCUT2D eigenvalue weighted by Gasteiger charge is -2.07. The van der Waals surface area contributed by atoms with Crippen molar-refractivity contribution in [2.24, 2.45) is 0 Å². The van der Waals surface area contributed by atoms with Crippen LogP contribution >= 0.6 is 27.5 Å². The highest BCUT2D eigenvalue weighted by Crippen LogP contribution is 2.27. The quantitative estimate of drug-likeness (QED) is 0.740. The van der Waals surface area contributed by atoms with Gasteiger partial charge in [-0.15, -0.1) is 0 Å². The predicted octanol–water partition coefficient (Wildman–Crippen LogP) is 4.50. The molecule has 4 nitrogen and oxygen atoms in total. The summed E-state index contributed by atoms with van der Waals surface area (Å²) in [7, 11) is 0. The van der Waals surface area contributed by atoms with E-state index in [1.54, 1.807) is 30.5 Å². The molecule has 100 valence electrons. The zero-order chi connectivity index (χ0) is 14.1. The van der Waals surface area contributed by atoms with E-state index in [2.05, 4.69) is 26.2 Å². The number of nitrogens with one attached hydrogen (secondary N) is 1. The number of carbonyl (C=O) groups is 1. The van der Waals surface area contributed by atoms with E-state index in [0.717, 1.165) is 5.39 Å². The molecule has 0 aliphatic carbocycles. The summed E-state index contributed by atoms with van der Waals surface area (Å²) in [6.07, 6.45) is 1.66. The fourth-order valence-corrected chi connectivity index (χ4v) is 2.40. The Hall–Kier alpha value is -1.85. The number of aromatic nitrogens is 1. The van der Waals surface area contributed by atoms with Gasteiger partial charge in [-0.25, -0.2) is 0 Å². The molecular formula is C14H8BrClN2O2. The van der Waals surface area contributed by atoms with Crippen LogP contribution in [-0.2, 0) is 0 Å². The third-order valence-corrected chi connectivity index (χ3v) is 3.36. The van der Waals surface area contributed by atoms with E-state index in [-0.39, 0.29) is 11.7 Å². The topological polar surface area (TPSA) is 55.1 Å². The molecule has 0 radical (unpaired) electrons. The van der Waals surface area contributed by atoms with Crippen LogP contribution in [0.3, 0.4) is 0 Å². The van der Waals surface area contributed by atoms with Gasteiger partial charge in [0.05, 0.1) is 11.2 Å². The van der Waals surface area contributed by atoms with Crippen LogP contribution in [0.2, 0.25) is 5.02 Å². The molecule has 1 N–H and O–H groups in total. The highest BCUT2D eigenvalue weighted by Gasteiger charge is 2.13. The molecule has 0 atom stereocenters. The van der Waals surface area contributed by atoms with Crippen molar-refractivity contribution in [3.05, 3.63) is 58.0 Å². The monoisotopic (exact) mass is 350 g/mol. The highest BCUT2D eigenvalue weighted by molar-refractivity contribution is 9.10. The first-order chi connectivity index (χ1) is 9.63. The van der Waals surface area contributed by atoms with E-state index in [1.807, 2.05) is 12.1 Å². The number of furan rings is 1. The number of rotatable bonds is 2. The highest BCUT2D eigenvalue weighted by atomic mass is 79.9. The van der Waals surface area contributed by atoms with Crippen LogP contribution in [0, 0.1) is 0 Å². The summed E-state index contributed by atoms with van der Waals surface area (Å²) in [5.74, 6) is -0.147.